The summed E-state index contributed by atoms with van der Waals surface area (Å²) in [7, 11) is 0. The maximum atomic E-state index is 12.7. The Hall–Kier alpha value is -2.63. The topological polar surface area (TPSA) is 78.9 Å². The molecule has 0 aromatic carbocycles. The van der Waals surface area contributed by atoms with Gasteiger partial charge in [-0.25, -0.2) is 0 Å². The van der Waals surface area contributed by atoms with Gasteiger partial charge in [0.15, 0.2) is 6.10 Å². The van der Waals surface area contributed by atoms with Gasteiger partial charge in [-0.15, -0.1) is 0 Å². The highest BCUT2D eigenvalue weighted by Crippen LogP contribution is 2.14. The quantitative estimate of drug-likeness (QED) is 0.0268. The third-order valence-corrected chi connectivity index (χ3v) is 9.60. The Morgan fingerprint density at radius 1 is 0.389 bits per heavy atom. The van der Waals surface area contributed by atoms with Crippen LogP contribution in [0.25, 0.3) is 0 Å². The highest BCUT2D eigenvalue weighted by molar-refractivity contribution is 5.71. The van der Waals surface area contributed by atoms with Gasteiger partial charge in [0.2, 0.25) is 0 Å². The molecule has 0 aliphatic rings. The Bertz CT molecular complexity index is 964. The molecule has 1 unspecified atom stereocenters. The van der Waals surface area contributed by atoms with Crippen LogP contribution in [0.2, 0.25) is 0 Å². The smallest absolute Gasteiger partial charge is 0.306 e. The molecule has 0 aliphatic heterocycles. The lowest BCUT2D eigenvalue weighted by atomic mass is 10.0. The number of esters is 3. The number of unbranched alkanes of at least 4 members (excludes halogenated alkanes) is 21. The molecule has 312 valence electrons. The molecule has 6 nitrogen and oxygen atoms in total. The fourth-order valence-corrected chi connectivity index (χ4v) is 6.20. The highest BCUT2D eigenvalue weighted by atomic mass is 16.6. The zero-order valence-corrected chi connectivity index (χ0v) is 35.5. The Morgan fingerprint density at radius 2 is 0.722 bits per heavy atom. The van der Waals surface area contributed by atoms with E-state index >= 15 is 0 Å². The Morgan fingerprint density at radius 3 is 1.13 bits per heavy atom. The Labute approximate surface area is 333 Å². The highest BCUT2D eigenvalue weighted by Gasteiger charge is 2.19. The molecular weight excluding hydrogens is 673 g/mol. The number of carbonyl (C=O) groups is 3. The third-order valence-electron chi connectivity index (χ3n) is 9.60. The lowest BCUT2D eigenvalue weighted by molar-refractivity contribution is -0.167. The summed E-state index contributed by atoms with van der Waals surface area (Å²) in [5, 5.41) is 0. The van der Waals surface area contributed by atoms with Crippen molar-refractivity contribution in [1.82, 2.24) is 0 Å². The first-order chi connectivity index (χ1) is 26.5. The van der Waals surface area contributed by atoms with Crippen molar-refractivity contribution in [3.63, 3.8) is 0 Å². The second-order valence-electron chi connectivity index (χ2n) is 14.9. The number of carbonyl (C=O) groups excluding carboxylic acids is 3. The molecule has 6 heteroatoms. The van der Waals surface area contributed by atoms with E-state index in [1.54, 1.807) is 0 Å². The van der Waals surface area contributed by atoms with Gasteiger partial charge in [0.1, 0.15) is 13.2 Å². The summed E-state index contributed by atoms with van der Waals surface area (Å²) in [5.74, 6) is -0.929. The Balaban J connectivity index is 4.42. The normalized spacial score (nSPS) is 12.4. The van der Waals surface area contributed by atoms with Gasteiger partial charge in [0, 0.05) is 19.3 Å². The molecule has 0 bridgehead atoms. The molecule has 0 rings (SSSR count). The molecular formula is C48H84O6. The molecule has 0 aliphatic carbocycles. The number of rotatable bonds is 40. The summed E-state index contributed by atoms with van der Waals surface area (Å²) in [6.45, 7) is 6.45. The van der Waals surface area contributed by atoms with Crippen LogP contribution in [-0.2, 0) is 28.6 Å². The van der Waals surface area contributed by atoms with E-state index in [4.69, 9.17) is 14.2 Å². The van der Waals surface area contributed by atoms with Gasteiger partial charge in [-0.1, -0.05) is 191 Å². The minimum absolute atomic E-state index is 0.0838. The minimum atomic E-state index is -0.782. The molecule has 0 aromatic rings. The van der Waals surface area contributed by atoms with E-state index in [9.17, 15) is 14.4 Å². The van der Waals surface area contributed by atoms with Crippen LogP contribution < -0.4 is 0 Å². The van der Waals surface area contributed by atoms with Crippen molar-refractivity contribution in [3.8, 4) is 0 Å². The lowest BCUT2D eigenvalue weighted by Gasteiger charge is -2.18. The van der Waals surface area contributed by atoms with Gasteiger partial charge >= 0.3 is 17.9 Å². The summed E-state index contributed by atoms with van der Waals surface area (Å²) in [6, 6.07) is 0. The molecule has 0 radical (unpaired) electrons. The van der Waals surface area contributed by atoms with E-state index in [0.717, 1.165) is 83.5 Å². The zero-order chi connectivity index (χ0) is 39.4. The van der Waals surface area contributed by atoms with Crippen LogP contribution >= 0.6 is 0 Å². The van der Waals surface area contributed by atoms with Gasteiger partial charge < -0.3 is 14.2 Å². The largest absolute Gasteiger partial charge is 0.462 e. The molecule has 0 saturated carbocycles. The van der Waals surface area contributed by atoms with Crippen molar-refractivity contribution in [2.45, 2.75) is 226 Å². The van der Waals surface area contributed by atoms with E-state index < -0.39 is 6.10 Å². The molecule has 0 saturated heterocycles. The van der Waals surface area contributed by atoms with Crippen molar-refractivity contribution in [2.24, 2.45) is 0 Å². The predicted molar refractivity (Wildman–Crippen MR) is 229 cm³/mol. The van der Waals surface area contributed by atoms with Gasteiger partial charge in [0.05, 0.1) is 0 Å². The van der Waals surface area contributed by atoms with Gasteiger partial charge in [0.25, 0.3) is 0 Å². The first-order valence-corrected chi connectivity index (χ1v) is 22.6. The van der Waals surface area contributed by atoms with Crippen LogP contribution in [0.3, 0.4) is 0 Å². The van der Waals surface area contributed by atoms with E-state index in [0.29, 0.717) is 19.3 Å². The molecule has 54 heavy (non-hydrogen) atoms. The van der Waals surface area contributed by atoms with E-state index in [1.165, 1.54) is 96.3 Å². The summed E-state index contributed by atoms with van der Waals surface area (Å²) in [5.41, 5.74) is 0. The molecule has 0 heterocycles. The number of allylic oxidation sites excluding steroid dienone is 8. The lowest BCUT2D eigenvalue weighted by Crippen LogP contribution is -2.30. The summed E-state index contributed by atoms with van der Waals surface area (Å²) >= 11 is 0. The molecule has 0 aromatic heterocycles. The van der Waals surface area contributed by atoms with Crippen molar-refractivity contribution in [1.29, 1.82) is 0 Å². The summed E-state index contributed by atoms with van der Waals surface area (Å²) in [4.78, 5) is 37.6. The average Bonchev–Trinajstić information content (AvgIpc) is 3.17. The summed E-state index contributed by atoms with van der Waals surface area (Å²) in [6.07, 6.45) is 49.5. The molecule has 0 fully saturated rings. The molecule has 0 amide bonds. The first kappa shape index (κ1) is 51.4. The predicted octanol–water partition coefficient (Wildman–Crippen LogP) is 14.4. The second-order valence-corrected chi connectivity index (χ2v) is 14.9. The molecule has 1 atom stereocenters. The molecule has 0 N–H and O–H groups in total. The number of hydrogen-bond donors (Lipinski definition) is 0. The fraction of sp³-hybridized carbons (Fsp3) is 0.771. The Kier molecular flexibility index (Phi) is 41.0. The third kappa shape index (κ3) is 40.6. The average molecular weight is 757 g/mol. The summed E-state index contributed by atoms with van der Waals surface area (Å²) < 4.78 is 16.6. The first-order valence-electron chi connectivity index (χ1n) is 22.6. The SMILES string of the molecule is CC/C=C\C/C=C\C/C=C\C/C=C\CCCCC(=O)OCC(COC(=O)CCCCCCCCCCC)OC(=O)CCCCCCCCCCCCCC. The van der Waals surface area contributed by atoms with Crippen molar-refractivity contribution in [2.75, 3.05) is 13.2 Å². The maximum Gasteiger partial charge on any atom is 0.306 e. The van der Waals surface area contributed by atoms with Crippen LogP contribution in [0.1, 0.15) is 220 Å². The van der Waals surface area contributed by atoms with Gasteiger partial charge in [-0.3, -0.25) is 14.4 Å². The monoisotopic (exact) mass is 757 g/mol. The van der Waals surface area contributed by atoms with Gasteiger partial charge in [-0.05, 0) is 57.8 Å². The fourth-order valence-electron chi connectivity index (χ4n) is 6.20. The van der Waals surface area contributed by atoms with Gasteiger partial charge in [-0.2, -0.15) is 0 Å². The second kappa shape index (κ2) is 43.1. The minimum Gasteiger partial charge on any atom is -0.462 e. The number of hydrogen-bond acceptors (Lipinski definition) is 6. The molecule has 0 spiro atoms. The zero-order valence-electron chi connectivity index (χ0n) is 35.5. The van der Waals surface area contributed by atoms with Crippen LogP contribution in [0.4, 0.5) is 0 Å². The van der Waals surface area contributed by atoms with Crippen molar-refractivity contribution >= 4 is 17.9 Å². The van der Waals surface area contributed by atoms with Crippen LogP contribution in [0.5, 0.6) is 0 Å². The van der Waals surface area contributed by atoms with Crippen molar-refractivity contribution < 1.29 is 28.6 Å². The van der Waals surface area contributed by atoms with E-state index in [1.807, 2.05) is 0 Å². The van der Waals surface area contributed by atoms with Crippen molar-refractivity contribution in [3.05, 3.63) is 48.6 Å². The van der Waals surface area contributed by atoms with Crippen LogP contribution in [0.15, 0.2) is 48.6 Å². The van der Waals surface area contributed by atoms with Crippen LogP contribution in [-0.4, -0.2) is 37.2 Å². The standard InChI is InChI=1S/C48H84O6/c1-4-7-10-13-16-19-21-23-24-25-27-29-32-35-38-41-47(50)53-44-45(43-52-46(49)40-37-34-31-28-18-15-12-9-6-3)54-48(51)42-39-36-33-30-26-22-20-17-14-11-8-5-2/h7,10,16,19,23-24,27,29,45H,4-6,8-9,11-15,17-18,20-22,25-26,28,30-44H2,1-3H3/b10-7-,19-16-,24-23-,29-27-. The maximum absolute atomic E-state index is 12.7. The van der Waals surface area contributed by atoms with Crippen LogP contribution in [0, 0.1) is 0 Å². The number of ether oxygens (including phenoxy) is 3. The van der Waals surface area contributed by atoms with E-state index in [-0.39, 0.29) is 31.1 Å². The van der Waals surface area contributed by atoms with E-state index in [2.05, 4.69) is 69.4 Å².